The highest BCUT2D eigenvalue weighted by Crippen LogP contribution is 2.02. The first kappa shape index (κ1) is 14.4. The Morgan fingerprint density at radius 2 is 2.00 bits per heavy atom. The van der Waals surface area contributed by atoms with Crippen molar-refractivity contribution in [1.82, 2.24) is 10.2 Å². The fourth-order valence-electron chi connectivity index (χ4n) is 1.15. The van der Waals surface area contributed by atoms with Crippen molar-refractivity contribution in [3.8, 4) is 0 Å². The largest absolute Gasteiger partial charge is 0.356 e. The number of nitrogens with one attached hydrogen (secondary N) is 1. The van der Waals surface area contributed by atoms with Gasteiger partial charge in [0.25, 0.3) is 0 Å². The van der Waals surface area contributed by atoms with E-state index in [9.17, 15) is 4.79 Å². The van der Waals surface area contributed by atoms with Crippen LogP contribution in [-0.2, 0) is 4.79 Å². The van der Waals surface area contributed by atoms with Crippen LogP contribution in [-0.4, -0.2) is 44.0 Å². The van der Waals surface area contributed by atoms with Crippen LogP contribution in [0.15, 0.2) is 0 Å². The van der Waals surface area contributed by atoms with Crippen LogP contribution in [0.3, 0.4) is 0 Å². The second-order valence-corrected chi connectivity index (χ2v) is 4.62. The summed E-state index contributed by atoms with van der Waals surface area (Å²) in [5.41, 5.74) is 5.80. The van der Waals surface area contributed by atoms with Crippen LogP contribution in [0.2, 0.25) is 0 Å². The second kappa shape index (κ2) is 7.65. The lowest BCUT2D eigenvalue weighted by atomic mass is 10.0. The Bertz CT molecular complexity index is 181. The number of nitrogens with zero attached hydrogens (tertiary/aromatic N) is 1. The van der Waals surface area contributed by atoms with Crippen molar-refractivity contribution in [2.75, 3.05) is 27.2 Å². The lowest BCUT2D eigenvalue weighted by Gasteiger charge is -2.15. The minimum Gasteiger partial charge on any atom is -0.356 e. The van der Waals surface area contributed by atoms with E-state index in [1.54, 1.807) is 0 Å². The maximum atomic E-state index is 11.4. The molecule has 0 rings (SSSR count). The Labute approximate surface area is 93.2 Å². The van der Waals surface area contributed by atoms with Crippen molar-refractivity contribution in [3.05, 3.63) is 0 Å². The van der Waals surface area contributed by atoms with Crippen molar-refractivity contribution in [2.45, 2.75) is 32.7 Å². The van der Waals surface area contributed by atoms with E-state index in [4.69, 9.17) is 5.73 Å². The molecule has 4 heteroatoms. The summed E-state index contributed by atoms with van der Waals surface area (Å²) in [7, 11) is 4.05. The van der Waals surface area contributed by atoms with Crippen LogP contribution in [0.1, 0.15) is 26.7 Å². The zero-order valence-electron chi connectivity index (χ0n) is 10.4. The van der Waals surface area contributed by atoms with Gasteiger partial charge in [0.2, 0.25) is 5.91 Å². The Morgan fingerprint density at radius 3 is 2.47 bits per heavy atom. The number of carbonyl (C=O) groups is 1. The fraction of sp³-hybridized carbons (Fsp3) is 0.909. The molecule has 1 amide bonds. The molecule has 0 bridgehead atoms. The highest BCUT2D eigenvalue weighted by molar-refractivity contribution is 5.76. The van der Waals surface area contributed by atoms with Crippen molar-refractivity contribution in [3.63, 3.8) is 0 Å². The van der Waals surface area contributed by atoms with Crippen molar-refractivity contribution >= 4 is 5.91 Å². The maximum Gasteiger partial charge on any atom is 0.221 e. The van der Waals surface area contributed by atoms with Gasteiger partial charge in [0.15, 0.2) is 0 Å². The summed E-state index contributed by atoms with van der Waals surface area (Å²) in [6.07, 6.45) is 1.41. The molecular weight excluding hydrogens is 190 g/mol. The molecule has 3 N–H and O–H groups in total. The number of rotatable bonds is 7. The third kappa shape index (κ3) is 8.39. The molecule has 0 radical (unpaired) electrons. The number of hydrogen-bond acceptors (Lipinski definition) is 3. The van der Waals surface area contributed by atoms with Crippen LogP contribution in [0.5, 0.6) is 0 Å². The number of carbonyl (C=O) groups excluding carboxylic acids is 1. The van der Waals surface area contributed by atoms with Gasteiger partial charge in [0, 0.05) is 19.0 Å². The molecule has 1 unspecified atom stereocenters. The van der Waals surface area contributed by atoms with E-state index < -0.39 is 0 Å². The number of amides is 1. The van der Waals surface area contributed by atoms with Gasteiger partial charge in [0.05, 0.1) is 0 Å². The zero-order valence-corrected chi connectivity index (χ0v) is 10.4. The lowest BCUT2D eigenvalue weighted by Crippen LogP contribution is -2.35. The Hall–Kier alpha value is -0.610. The van der Waals surface area contributed by atoms with E-state index >= 15 is 0 Å². The Kier molecular flexibility index (Phi) is 7.34. The van der Waals surface area contributed by atoms with E-state index in [-0.39, 0.29) is 11.9 Å². The number of hydrogen-bond donors (Lipinski definition) is 2. The molecule has 15 heavy (non-hydrogen) atoms. The van der Waals surface area contributed by atoms with E-state index in [2.05, 4.69) is 10.2 Å². The molecule has 0 aliphatic rings. The van der Waals surface area contributed by atoms with Gasteiger partial charge in [-0.25, -0.2) is 0 Å². The minimum atomic E-state index is -0.0288. The monoisotopic (exact) mass is 215 g/mol. The SMILES string of the molecule is CC(C)C(N)CC(=O)NCCCN(C)C. The first-order chi connectivity index (χ1) is 6.93. The van der Waals surface area contributed by atoms with Gasteiger partial charge in [-0.1, -0.05) is 13.8 Å². The summed E-state index contributed by atoms with van der Waals surface area (Å²) < 4.78 is 0. The molecule has 0 aliphatic heterocycles. The Balaban J connectivity index is 3.49. The maximum absolute atomic E-state index is 11.4. The standard InChI is InChI=1S/C11H25N3O/c1-9(2)10(12)8-11(15)13-6-5-7-14(3)4/h9-10H,5-8,12H2,1-4H3,(H,13,15). The second-order valence-electron chi connectivity index (χ2n) is 4.62. The van der Waals surface area contributed by atoms with Gasteiger partial charge in [-0.2, -0.15) is 0 Å². The van der Waals surface area contributed by atoms with Gasteiger partial charge in [-0.05, 0) is 33.0 Å². The molecule has 90 valence electrons. The number of nitrogens with two attached hydrogens (primary N) is 1. The topological polar surface area (TPSA) is 58.4 Å². The van der Waals surface area contributed by atoms with Gasteiger partial charge in [0.1, 0.15) is 0 Å². The zero-order chi connectivity index (χ0) is 11.8. The van der Waals surface area contributed by atoms with E-state index in [1.165, 1.54) is 0 Å². The Morgan fingerprint density at radius 1 is 1.40 bits per heavy atom. The van der Waals surface area contributed by atoms with Crippen molar-refractivity contribution in [2.24, 2.45) is 11.7 Å². The third-order valence-electron chi connectivity index (χ3n) is 2.38. The molecule has 0 aromatic heterocycles. The summed E-state index contributed by atoms with van der Waals surface area (Å²) in [5.74, 6) is 0.424. The molecule has 0 aromatic rings. The van der Waals surface area contributed by atoms with Crippen molar-refractivity contribution < 1.29 is 4.79 Å². The van der Waals surface area contributed by atoms with Crippen LogP contribution >= 0.6 is 0 Å². The molecule has 0 saturated carbocycles. The quantitative estimate of drug-likeness (QED) is 0.605. The highest BCUT2D eigenvalue weighted by atomic mass is 16.1. The van der Waals surface area contributed by atoms with Crippen LogP contribution in [0, 0.1) is 5.92 Å². The van der Waals surface area contributed by atoms with E-state index in [1.807, 2.05) is 27.9 Å². The summed E-state index contributed by atoms with van der Waals surface area (Å²) in [4.78, 5) is 13.5. The van der Waals surface area contributed by atoms with Gasteiger partial charge < -0.3 is 16.0 Å². The molecule has 0 aliphatic carbocycles. The van der Waals surface area contributed by atoms with Gasteiger partial charge >= 0.3 is 0 Å². The predicted octanol–water partition coefficient (Wildman–Crippen LogP) is 0.428. The third-order valence-corrected chi connectivity index (χ3v) is 2.38. The summed E-state index contributed by atoms with van der Waals surface area (Å²) in [6.45, 7) is 5.80. The first-order valence-corrected chi connectivity index (χ1v) is 5.60. The van der Waals surface area contributed by atoms with Crippen LogP contribution in [0.25, 0.3) is 0 Å². The normalized spacial score (nSPS) is 13.3. The average Bonchev–Trinajstić information content (AvgIpc) is 2.12. The summed E-state index contributed by atoms with van der Waals surface area (Å²) >= 11 is 0. The molecule has 0 spiro atoms. The lowest BCUT2D eigenvalue weighted by molar-refractivity contribution is -0.121. The van der Waals surface area contributed by atoms with Crippen LogP contribution < -0.4 is 11.1 Å². The van der Waals surface area contributed by atoms with E-state index in [0.717, 1.165) is 19.5 Å². The van der Waals surface area contributed by atoms with Gasteiger partial charge in [-0.3, -0.25) is 4.79 Å². The molecule has 0 aromatic carbocycles. The fourth-order valence-corrected chi connectivity index (χ4v) is 1.15. The van der Waals surface area contributed by atoms with Crippen molar-refractivity contribution in [1.29, 1.82) is 0 Å². The van der Waals surface area contributed by atoms with Gasteiger partial charge in [-0.15, -0.1) is 0 Å². The summed E-state index contributed by atoms with van der Waals surface area (Å²) in [6, 6.07) is -0.0288. The molecule has 1 atom stereocenters. The van der Waals surface area contributed by atoms with Crippen LogP contribution in [0.4, 0.5) is 0 Å². The molecule has 4 nitrogen and oxygen atoms in total. The molecule has 0 saturated heterocycles. The first-order valence-electron chi connectivity index (χ1n) is 5.60. The van der Waals surface area contributed by atoms with E-state index in [0.29, 0.717) is 12.3 Å². The smallest absolute Gasteiger partial charge is 0.221 e. The molecular formula is C11H25N3O. The molecule has 0 fully saturated rings. The average molecular weight is 215 g/mol. The predicted molar refractivity (Wildman–Crippen MR) is 63.6 cm³/mol. The molecule has 0 heterocycles. The summed E-state index contributed by atoms with van der Waals surface area (Å²) in [5, 5.41) is 2.88. The highest BCUT2D eigenvalue weighted by Gasteiger charge is 2.12. The minimum absolute atomic E-state index is 0.0288.